The van der Waals surface area contributed by atoms with Crippen molar-refractivity contribution in [1.82, 2.24) is 24.6 Å². The molecule has 0 atom stereocenters. The van der Waals surface area contributed by atoms with Gasteiger partial charge in [0.2, 0.25) is 0 Å². The van der Waals surface area contributed by atoms with Crippen LogP contribution >= 0.6 is 0 Å². The molecule has 10 nitrogen and oxygen atoms in total. The van der Waals surface area contributed by atoms with Crippen LogP contribution in [-0.4, -0.2) is 62.4 Å². The van der Waals surface area contributed by atoms with Crippen LogP contribution < -0.4 is 15.0 Å². The summed E-state index contributed by atoms with van der Waals surface area (Å²) in [6.07, 6.45) is 4.98. The van der Waals surface area contributed by atoms with E-state index in [1.165, 1.54) is 4.68 Å². The molecule has 0 spiro atoms. The quantitative estimate of drug-likeness (QED) is 0.315. The summed E-state index contributed by atoms with van der Waals surface area (Å²) in [4.78, 5) is 24.1. The number of hydrogen-bond donors (Lipinski definition) is 2. The second-order valence-electron chi connectivity index (χ2n) is 9.44. The van der Waals surface area contributed by atoms with Gasteiger partial charge in [0.25, 0.3) is 5.56 Å². The average Bonchev–Trinajstić information content (AvgIpc) is 3.03. The van der Waals surface area contributed by atoms with Crippen molar-refractivity contribution < 1.29 is 19.7 Å². The summed E-state index contributed by atoms with van der Waals surface area (Å²) >= 11 is 0. The van der Waals surface area contributed by atoms with Gasteiger partial charge in [-0.2, -0.15) is 9.78 Å². The number of benzene rings is 2. The fourth-order valence-electron chi connectivity index (χ4n) is 5.29. The van der Waals surface area contributed by atoms with Gasteiger partial charge in [0.05, 0.1) is 26.2 Å². The molecule has 0 saturated carbocycles. The molecule has 2 aromatic carbocycles. The Morgan fingerprint density at radius 1 is 0.902 bits per heavy atom. The van der Waals surface area contributed by atoms with Crippen molar-refractivity contribution in [3.05, 3.63) is 112 Å². The number of fused-ring (bicyclic) bond motifs is 2. The minimum absolute atomic E-state index is 0.300. The van der Waals surface area contributed by atoms with Crippen LogP contribution in [0.2, 0.25) is 0 Å². The van der Waals surface area contributed by atoms with Crippen molar-refractivity contribution in [2.75, 3.05) is 27.6 Å². The smallest absolute Gasteiger partial charge is 0.280 e. The number of aromatic nitrogens is 4. The Balaban J connectivity index is 1.58. The summed E-state index contributed by atoms with van der Waals surface area (Å²) in [5.74, 6) is 1.39. The molecule has 41 heavy (non-hydrogen) atoms. The minimum Gasteiger partial charge on any atom is -0.493 e. The molecule has 0 radical (unpaired) electrons. The number of nitrogens with zero attached hydrogens (tertiary/aromatic N) is 5. The lowest BCUT2D eigenvalue weighted by atomic mass is 9.88. The molecule has 0 saturated heterocycles. The molecule has 0 fully saturated rings. The summed E-state index contributed by atoms with van der Waals surface area (Å²) in [5.41, 5.74) is 4.61. The molecule has 1 aliphatic rings. The molecular weight excluding hydrogens is 522 g/mol. The van der Waals surface area contributed by atoms with Crippen LogP contribution in [-0.2, 0) is 6.54 Å². The van der Waals surface area contributed by atoms with Gasteiger partial charge in [-0.3, -0.25) is 9.78 Å². The maximum absolute atomic E-state index is 13.7. The van der Waals surface area contributed by atoms with Gasteiger partial charge >= 0.3 is 0 Å². The first-order valence-electron chi connectivity index (χ1n) is 12.9. The van der Waals surface area contributed by atoms with Crippen LogP contribution in [0, 0.1) is 0 Å². The first kappa shape index (κ1) is 26.2. The summed E-state index contributed by atoms with van der Waals surface area (Å²) in [5, 5.41) is 26.6. The maximum Gasteiger partial charge on any atom is 0.280 e. The lowest BCUT2D eigenvalue weighted by molar-refractivity contribution is 0.116. The number of aliphatic hydroxyl groups is 2. The van der Waals surface area contributed by atoms with Crippen molar-refractivity contribution >= 4 is 16.3 Å². The number of hydrogen-bond acceptors (Lipinski definition) is 9. The van der Waals surface area contributed by atoms with Crippen LogP contribution in [0.15, 0.2) is 89.7 Å². The van der Waals surface area contributed by atoms with E-state index in [2.05, 4.69) is 9.97 Å². The maximum atomic E-state index is 13.7. The highest BCUT2D eigenvalue weighted by molar-refractivity contribution is 5.94. The number of aliphatic hydroxyl groups excluding tert-OH is 2. The third-order valence-corrected chi connectivity index (χ3v) is 7.22. The average molecular weight is 550 g/mol. The summed E-state index contributed by atoms with van der Waals surface area (Å²) in [6, 6.07) is 18.3. The Morgan fingerprint density at radius 2 is 1.68 bits per heavy atom. The van der Waals surface area contributed by atoms with E-state index in [4.69, 9.17) is 14.6 Å². The van der Waals surface area contributed by atoms with Crippen LogP contribution in [0.1, 0.15) is 16.7 Å². The van der Waals surface area contributed by atoms with Crippen molar-refractivity contribution in [3.8, 4) is 28.6 Å². The lowest BCUT2D eigenvalue weighted by Gasteiger charge is -2.34. The molecule has 0 bridgehead atoms. The molecule has 10 heteroatoms. The van der Waals surface area contributed by atoms with Crippen molar-refractivity contribution in [2.24, 2.45) is 0 Å². The Labute approximate surface area is 235 Å². The molecule has 206 valence electrons. The summed E-state index contributed by atoms with van der Waals surface area (Å²) in [6.45, 7) is -0.254. The van der Waals surface area contributed by atoms with E-state index in [0.29, 0.717) is 57.2 Å². The predicted molar refractivity (Wildman–Crippen MR) is 154 cm³/mol. The molecule has 4 heterocycles. The van der Waals surface area contributed by atoms with Crippen LogP contribution in [0.25, 0.3) is 33.4 Å². The van der Waals surface area contributed by atoms with E-state index in [0.717, 1.165) is 16.7 Å². The Kier molecular flexibility index (Phi) is 6.92. The SMILES string of the molecule is COc1cc2c(cc1OC)C(c1ccnc(-n3nc(-c4cccnc4)c4ccccc4c3=O)c1)=C(CO)N(CO)C2. The van der Waals surface area contributed by atoms with Gasteiger partial charge in [0, 0.05) is 47.4 Å². The number of rotatable bonds is 7. The van der Waals surface area contributed by atoms with E-state index in [1.807, 2.05) is 42.5 Å². The zero-order valence-corrected chi connectivity index (χ0v) is 22.5. The van der Waals surface area contributed by atoms with E-state index in [9.17, 15) is 15.0 Å². The normalized spacial score (nSPS) is 12.9. The largest absolute Gasteiger partial charge is 0.493 e. The zero-order chi connectivity index (χ0) is 28.5. The highest BCUT2D eigenvalue weighted by Gasteiger charge is 2.28. The van der Waals surface area contributed by atoms with E-state index >= 15 is 0 Å². The van der Waals surface area contributed by atoms with E-state index < -0.39 is 0 Å². The Morgan fingerprint density at radius 3 is 2.39 bits per heavy atom. The topological polar surface area (TPSA) is 123 Å². The first-order valence-corrected chi connectivity index (χ1v) is 12.9. The highest BCUT2D eigenvalue weighted by atomic mass is 16.5. The lowest BCUT2D eigenvalue weighted by Crippen LogP contribution is -2.31. The van der Waals surface area contributed by atoms with E-state index in [1.54, 1.807) is 55.9 Å². The first-order chi connectivity index (χ1) is 20.1. The number of ether oxygens (including phenoxy) is 2. The van der Waals surface area contributed by atoms with Gasteiger partial charge < -0.3 is 24.6 Å². The molecule has 6 rings (SSSR count). The predicted octanol–water partition coefficient (Wildman–Crippen LogP) is 3.38. The van der Waals surface area contributed by atoms with Crippen molar-refractivity contribution in [3.63, 3.8) is 0 Å². The van der Waals surface area contributed by atoms with E-state index in [-0.39, 0.29) is 18.9 Å². The summed E-state index contributed by atoms with van der Waals surface area (Å²) in [7, 11) is 3.13. The van der Waals surface area contributed by atoms with Gasteiger partial charge in [-0.05, 0) is 59.2 Å². The van der Waals surface area contributed by atoms with Gasteiger partial charge in [0.15, 0.2) is 17.3 Å². The monoisotopic (exact) mass is 549 g/mol. The number of methoxy groups -OCH3 is 2. The molecule has 2 N–H and O–H groups in total. The summed E-state index contributed by atoms with van der Waals surface area (Å²) < 4.78 is 12.4. The van der Waals surface area contributed by atoms with Crippen LogP contribution in [0.4, 0.5) is 0 Å². The molecule has 0 amide bonds. The third-order valence-electron chi connectivity index (χ3n) is 7.22. The highest BCUT2D eigenvalue weighted by Crippen LogP contribution is 2.41. The van der Waals surface area contributed by atoms with Crippen molar-refractivity contribution in [2.45, 2.75) is 6.54 Å². The fourth-order valence-corrected chi connectivity index (χ4v) is 5.29. The Bertz CT molecular complexity index is 1850. The van der Waals surface area contributed by atoms with Crippen molar-refractivity contribution in [1.29, 1.82) is 0 Å². The minimum atomic E-state index is -0.319. The van der Waals surface area contributed by atoms with Gasteiger partial charge in [-0.25, -0.2) is 4.98 Å². The van der Waals surface area contributed by atoms with Gasteiger partial charge in [-0.15, -0.1) is 0 Å². The third kappa shape index (κ3) is 4.48. The molecular formula is C31H27N5O5. The molecule has 3 aromatic heterocycles. The molecule has 0 unspecified atom stereocenters. The molecule has 5 aromatic rings. The van der Waals surface area contributed by atoms with Crippen LogP contribution in [0.3, 0.4) is 0 Å². The van der Waals surface area contributed by atoms with Gasteiger partial charge in [0.1, 0.15) is 12.4 Å². The number of pyridine rings is 2. The zero-order valence-electron chi connectivity index (χ0n) is 22.5. The second kappa shape index (κ2) is 10.8. The second-order valence-corrected chi connectivity index (χ2v) is 9.44. The molecule has 1 aliphatic heterocycles. The molecule has 0 aliphatic carbocycles. The van der Waals surface area contributed by atoms with Crippen LogP contribution in [0.5, 0.6) is 11.5 Å². The fraction of sp³-hybridized carbons (Fsp3) is 0.161. The Hall–Kier alpha value is -5.06. The van der Waals surface area contributed by atoms with Gasteiger partial charge in [-0.1, -0.05) is 18.2 Å². The standard InChI is InChI=1S/C31H27N5O5/c1-40-26-12-21-16-35(18-38)25(17-37)29(24(21)14-27(26)41-2)19-9-11-33-28(13-19)36-31(39)23-8-4-3-7-22(23)30(34-36)20-6-5-10-32-15-20/h3-15,37-38H,16-18H2,1-2H3.